The lowest BCUT2D eigenvalue weighted by Crippen LogP contribution is -2.11. The Kier molecular flexibility index (Phi) is 3.79. The van der Waals surface area contributed by atoms with Crippen molar-refractivity contribution in [1.29, 1.82) is 5.26 Å². The van der Waals surface area contributed by atoms with Gasteiger partial charge in [-0.3, -0.25) is 0 Å². The van der Waals surface area contributed by atoms with Crippen LogP contribution in [0.5, 0.6) is 5.75 Å². The number of ether oxygens (including phenoxy) is 2. The quantitative estimate of drug-likeness (QED) is 0.776. The monoisotopic (exact) mass is 217 g/mol. The van der Waals surface area contributed by atoms with E-state index in [2.05, 4.69) is 6.07 Å². The van der Waals surface area contributed by atoms with E-state index >= 15 is 0 Å². The summed E-state index contributed by atoms with van der Waals surface area (Å²) in [4.78, 5) is 0. The van der Waals surface area contributed by atoms with Crippen LogP contribution in [0, 0.1) is 17.2 Å². The van der Waals surface area contributed by atoms with Gasteiger partial charge in [-0.25, -0.2) is 0 Å². The summed E-state index contributed by atoms with van der Waals surface area (Å²) < 4.78 is 10.9. The van der Waals surface area contributed by atoms with E-state index in [1.165, 1.54) is 0 Å². The minimum atomic E-state index is 0.455. The van der Waals surface area contributed by atoms with Crippen LogP contribution < -0.4 is 4.74 Å². The highest BCUT2D eigenvalue weighted by molar-refractivity contribution is 5.28. The van der Waals surface area contributed by atoms with Gasteiger partial charge < -0.3 is 9.47 Å². The van der Waals surface area contributed by atoms with Gasteiger partial charge in [0.1, 0.15) is 5.75 Å². The van der Waals surface area contributed by atoms with Crippen LogP contribution in [0.2, 0.25) is 0 Å². The lowest BCUT2D eigenvalue weighted by Gasteiger charge is -2.10. The summed E-state index contributed by atoms with van der Waals surface area (Å²) in [5, 5.41) is 8.54. The van der Waals surface area contributed by atoms with E-state index in [1.54, 1.807) is 0 Å². The van der Waals surface area contributed by atoms with Crippen molar-refractivity contribution in [3.63, 3.8) is 0 Å². The molecule has 0 aliphatic carbocycles. The van der Waals surface area contributed by atoms with Gasteiger partial charge in [0, 0.05) is 12.5 Å². The molecule has 1 aromatic rings. The summed E-state index contributed by atoms with van der Waals surface area (Å²) in [6.45, 7) is 2.39. The van der Waals surface area contributed by atoms with Gasteiger partial charge in [0.2, 0.25) is 0 Å². The van der Waals surface area contributed by atoms with Gasteiger partial charge in [0.05, 0.1) is 25.7 Å². The summed E-state index contributed by atoms with van der Waals surface area (Å²) in [5.74, 6) is 1.40. The molecule has 1 atom stereocenters. The Balaban J connectivity index is 1.82. The van der Waals surface area contributed by atoms with Crippen molar-refractivity contribution in [3.05, 3.63) is 29.8 Å². The first-order valence-corrected chi connectivity index (χ1v) is 5.55. The van der Waals surface area contributed by atoms with E-state index in [4.69, 9.17) is 14.7 Å². The largest absolute Gasteiger partial charge is 0.493 e. The van der Waals surface area contributed by atoms with Gasteiger partial charge in [-0.2, -0.15) is 5.26 Å². The number of hydrogen-bond acceptors (Lipinski definition) is 3. The molecule has 3 nitrogen and oxygen atoms in total. The molecule has 0 N–H and O–H groups in total. The number of rotatable bonds is 4. The maximum atomic E-state index is 8.54. The lowest BCUT2D eigenvalue weighted by atomic mass is 10.1. The fourth-order valence-electron chi connectivity index (χ4n) is 1.72. The molecule has 0 aromatic heterocycles. The van der Waals surface area contributed by atoms with Gasteiger partial charge in [0.25, 0.3) is 0 Å². The molecule has 1 heterocycles. The molecule has 3 heteroatoms. The smallest absolute Gasteiger partial charge is 0.119 e. The molecule has 1 saturated heterocycles. The first-order chi connectivity index (χ1) is 7.88. The predicted molar refractivity (Wildman–Crippen MR) is 60.2 cm³/mol. The van der Waals surface area contributed by atoms with Crippen molar-refractivity contribution in [1.82, 2.24) is 0 Å². The van der Waals surface area contributed by atoms with Crippen molar-refractivity contribution in [2.45, 2.75) is 12.8 Å². The predicted octanol–water partition coefficient (Wildman–Crippen LogP) is 2.17. The maximum absolute atomic E-state index is 8.54. The van der Waals surface area contributed by atoms with Crippen molar-refractivity contribution in [2.24, 2.45) is 5.92 Å². The van der Waals surface area contributed by atoms with Gasteiger partial charge in [-0.05, 0) is 24.1 Å². The third-order valence-corrected chi connectivity index (χ3v) is 2.72. The summed E-state index contributed by atoms with van der Waals surface area (Å²) in [5.41, 5.74) is 1.03. The van der Waals surface area contributed by atoms with Crippen LogP contribution in [-0.4, -0.2) is 19.8 Å². The number of benzene rings is 1. The average molecular weight is 217 g/mol. The SMILES string of the molecule is N#CCc1ccc(OCC2CCOC2)cc1. The van der Waals surface area contributed by atoms with Crippen LogP contribution in [-0.2, 0) is 11.2 Å². The summed E-state index contributed by atoms with van der Waals surface area (Å²) in [7, 11) is 0. The molecule has 0 spiro atoms. The maximum Gasteiger partial charge on any atom is 0.119 e. The van der Waals surface area contributed by atoms with E-state index in [0.29, 0.717) is 12.3 Å². The Bertz CT molecular complexity index is 361. The number of hydrogen-bond donors (Lipinski definition) is 0. The lowest BCUT2D eigenvalue weighted by molar-refractivity contribution is 0.167. The zero-order valence-electron chi connectivity index (χ0n) is 9.19. The van der Waals surface area contributed by atoms with Crippen LogP contribution in [0.3, 0.4) is 0 Å². The molecule has 2 rings (SSSR count). The molecule has 16 heavy (non-hydrogen) atoms. The molecule has 1 aromatic carbocycles. The molecule has 0 amide bonds. The first kappa shape index (κ1) is 11.0. The zero-order chi connectivity index (χ0) is 11.2. The van der Waals surface area contributed by atoms with Crippen LogP contribution in [0.15, 0.2) is 24.3 Å². The minimum absolute atomic E-state index is 0.455. The summed E-state index contributed by atoms with van der Waals surface area (Å²) in [6.07, 6.45) is 1.54. The normalized spacial score (nSPS) is 19.3. The van der Waals surface area contributed by atoms with Crippen LogP contribution in [0.1, 0.15) is 12.0 Å². The minimum Gasteiger partial charge on any atom is -0.493 e. The molecule has 1 unspecified atom stereocenters. The highest BCUT2D eigenvalue weighted by Crippen LogP contribution is 2.17. The highest BCUT2D eigenvalue weighted by Gasteiger charge is 2.15. The fraction of sp³-hybridized carbons (Fsp3) is 0.462. The molecule has 1 aliphatic rings. The Labute approximate surface area is 95.6 Å². The Hall–Kier alpha value is -1.53. The molecule has 1 aliphatic heterocycles. The number of nitrogens with zero attached hydrogens (tertiary/aromatic N) is 1. The summed E-state index contributed by atoms with van der Waals surface area (Å²) >= 11 is 0. The van der Waals surface area contributed by atoms with Crippen molar-refractivity contribution >= 4 is 0 Å². The van der Waals surface area contributed by atoms with E-state index in [-0.39, 0.29) is 0 Å². The van der Waals surface area contributed by atoms with Gasteiger partial charge in [0.15, 0.2) is 0 Å². The molecule has 0 bridgehead atoms. The van der Waals surface area contributed by atoms with Crippen molar-refractivity contribution in [3.8, 4) is 11.8 Å². The molecule has 0 radical (unpaired) electrons. The van der Waals surface area contributed by atoms with E-state index < -0.39 is 0 Å². The Morgan fingerprint density at radius 1 is 1.38 bits per heavy atom. The Morgan fingerprint density at radius 2 is 2.19 bits per heavy atom. The summed E-state index contributed by atoms with van der Waals surface area (Å²) in [6, 6.07) is 9.83. The molecular formula is C13H15NO2. The van der Waals surface area contributed by atoms with Crippen molar-refractivity contribution in [2.75, 3.05) is 19.8 Å². The standard InChI is InChI=1S/C13H15NO2/c14-7-5-11-1-3-13(4-2-11)16-10-12-6-8-15-9-12/h1-4,12H,5-6,8-10H2. The zero-order valence-corrected chi connectivity index (χ0v) is 9.19. The second-order valence-corrected chi connectivity index (χ2v) is 4.02. The molecule has 84 valence electrons. The molecule has 0 saturated carbocycles. The van der Waals surface area contributed by atoms with E-state index in [0.717, 1.165) is 37.6 Å². The van der Waals surface area contributed by atoms with Crippen LogP contribution in [0.25, 0.3) is 0 Å². The fourth-order valence-corrected chi connectivity index (χ4v) is 1.72. The second-order valence-electron chi connectivity index (χ2n) is 4.02. The van der Waals surface area contributed by atoms with Crippen molar-refractivity contribution < 1.29 is 9.47 Å². The van der Waals surface area contributed by atoms with E-state index in [1.807, 2.05) is 24.3 Å². The second kappa shape index (κ2) is 5.53. The average Bonchev–Trinajstić information content (AvgIpc) is 2.82. The number of nitriles is 1. The van der Waals surface area contributed by atoms with Crippen LogP contribution in [0.4, 0.5) is 0 Å². The van der Waals surface area contributed by atoms with Gasteiger partial charge >= 0.3 is 0 Å². The third-order valence-electron chi connectivity index (χ3n) is 2.72. The third kappa shape index (κ3) is 2.98. The van der Waals surface area contributed by atoms with Crippen LogP contribution >= 0.6 is 0 Å². The Morgan fingerprint density at radius 3 is 2.81 bits per heavy atom. The molecule has 1 fully saturated rings. The molecular weight excluding hydrogens is 202 g/mol. The topological polar surface area (TPSA) is 42.2 Å². The van der Waals surface area contributed by atoms with Gasteiger partial charge in [-0.1, -0.05) is 12.1 Å². The van der Waals surface area contributed by atoms with Gasteiger partial charge in [-0.15, -0.1) is 0 Å². The highest BCUT2D eigenvalue weighted by atomic mass is 16.5. The first-order valence-electron chi connectivity index (χ1n) is 5.55. The van der Waals surface area contributed by atoms with E-state index in [9.17, 15) is 0 Å².